The summed E-state index contributed by atoms with van der Waals surface area (Å²) in [5, 5.41) is 11.2. The van der Waals surface area contributed by atoms with Gasteiger partial charge < -0.3 is 20.5 Å². The highest BCUT2D eigenvalue weighted by molar-refractivity contribution is 7.98. The van der Waals surface area contributed by atoms with Crippen molar-refractivity contribution >= 4 is 35.0 Å². The van der Waals surface area contributed by atoms with Crippen molar-refractivity contribution in [3.05, 3.63) is 64.1 Å². The van der Waals surface area contributed by atoms with Crippen LogP contribution in [-0.4, -0.2) is 51.8 Å². The molecule has 0 spiro atoms. The predicted octanol–water partition coefficient (Wildman–Crippen LogP) is 4.65. The minimum Gasteiger partial charge on any atom is -0.486 e. The zero-order valence-electron chi connectivity index (χ0n) is 19.4. The van der Waals surface area contributed by atoms with Crippen LogP contribution in [0.25, 0.3) is 11.1 Å². The topological polar surface area (TPSA) is 106 Å². The number of hydrogen-bond donors (Lipinski definition) is 2. The van der Waals surface area contributed by atoms with E-state index in [-0.39, 0.29) is 18.8 Å². The van der Waals surface area contributed by atoms with Crippen LogP contribution in [0.3, 0.4) is 0 Å². The number of carboxylic acid groups (broad SMARTS) is 1. The lowest BCUT2D eigenvalue weighted by Gasteiger charge is -2.28. The fraction of sp³-hybridized carbons (Fsp3) is 0.292. The summed E-state index contributed by atoms with van der Waals surface area (Å²) in [7, 11) is 0. The van der Waals surface area contributed by atoms with Crippen LogP contribution in [-0.2, 0) is 11.4 Å². The smallest absolute Gasteiger partial charge is 0.323 e. The second kappa shape index (κ2) is 11.1. The van der Waals surface area contributed by atoms with E-state index in [2.05, 4.69) is 4.98 Å². The van der Waals surface area contributed by atoms with Crippen molar-refractivity contribution in [1.82, 2.24) is 9.88 Å². The van der Waals surface area contributed by atoms with Crippen molar-refractivity contribution in [3.8, 4) is 16.9 Å². The Morgan fingerprint density at radius 3 is 2.46 bits per heavy atom. The SMILES string of the molecule is CSc1cc(F)c(F)cc1-c1ccc(OCc2nc(C(=O)N(CC(=O)O)CC(C)(C)N)cs2)cc1. The molecule has 186 valence electrons. The van der Waals surface area contributed by atoms with Gasteiger partial charge >= 0.3 is 5.97 Å². The maximum atomic E-state index is 13.7. The molecule has 0 bridgehead atoms. The number of carbonyl (C=O) groups excluding carboxylic acids is 1. The van der Waals surface area contributed by atoms with Gasteiger partial charge in [0.15, 0.2) is 11.6 Å². The Labute approximate surface area is 209 Å². The van der Waals surface area contributed by atoms with E-state index in [1.54, 1.807) is 49.7 Å². The predicted molar refractivity (Wildman–Crippen MR) is 132 cm³/mol. The number of thiazole rings is 1. The molecule has 0 unspecified atom stereocenters. The number of aromatic nitrogens is 1. The first-order valence-electron chi connectivity index (χ1n) is 10.5. The Balaban J connectivity index is 1.67. The number of carbonyl (C=O) groups is 2. The van der Waals surface area contributed by atoms with Crippen molar-refractivity contribution in [2.45, 2.75) is 30.9 Å². The lowest BCUT2D eigenvalue weighted by molar-refractivity contribution is -0.137. The molecule has 3 aromatic rings. The van der Waals surface area contributed by atoms with Gasteiger partial charge in [-0.25, -0.2) is 13.8 Å². The van der Waals surface area contributed by atoms with Crippen LogP contribution in [0.4, 0.5) is 8.78 Å². The van der Waals surface area contributed by atoms with E-state index in [9.17, 15) is 18.4 Å². The Morgan fingerprint density at radius 2 is 1.86 bits per heavy atom. The summed E-state index contributed by atoms with van der Waals surface area (Å²) < 4.78 is 33.0. The van der Waals surface area contributed by atoms with Crippen LogP contribution in [0, 0.1) is 11.6 Å². The molecule has 0 aliphatic rings. The van der Waals surface area contributed by atoms with E-state index in [4.69, 9.17) is 15.6 Å². The fourth-order valence-corrected chi connectivity index (χ4v) is 4.59. The maximum absolute atomic E-state index is 13.7. The number of benzene rings is 2. The molecule has 3 N–H and O–H groups in total. The molecule has 11 heteroatoms. The molecule has 0 radical (unpaired) electrons. The molecule has 0 saturated heterocycles. The van der Waals surface area contributed by atoms with Crippen LogP contribution in [0.15, 0.2) is 46.7 Å². The molecule has 2 aromatic carbocycles. The van der Waals surface area contributed by atoms with Gasteiger partial charge in [-0.3, -0.25) is 9.59 Å². The van der Waals surface area contributed by atoms with E-state index in [1.165, 1.54) is 35.2 Å². The van der Waals surface area contributed by atoms with Crippen LogP contribution < -0.4 is 10.5 Å². The van der Waals surface area contributed by atoms with Crippen molar-refractivity contribution in [2.75, 3.05) is 19.3 Å². The molecule has 1 aromatic heterocycles. The molecule has 1 heterocycles. The zero-order chi connectivity index (χ0) is 25.8. The van der Waals surface area contributed by atoms with E-state index in [0.29, 0.717) is 26.8 Å². The Kier molecular flexibility index (Phi) is 8.47. The number of amides is 1. The van der Waals surface area contributed by atoms with Crippen LogP contribution in [0.2, 0.25) is 0 Å². The highest BCUT2D eigenvalue weighted by atomic mass is 32.2. The number of ether oxygens (including phenoxy) is 1. The normalized spacial score (nSPS) is 11.4. The lowest BCUT2D eigenvalue weighted by Crippen LogP contribution is -2.49. The van der Waals surface area contributed by atoms with Gasteiger partial charge in [0.25, 0.3) is 5.91 Å². The molecule has 3 rings (SSSR count). The molecule has 0 saturated carbocycles. The zero-order valence-corrected chi connectivity index (χ0v) is 21.0. The summed E-state index contributed by atoms with van der Waals surface area (Å²) in [6, 6.07) is 9.25. The molecular formula is C24H25F2N3O4S2. The summed E-state index contributed by atoms with van der Waals surface area (Å²) in [6.45, 7) is 3.08. The summed E-state index contributed by atoms with van der Waals surface area (Å²) in [6.07, 6.45) is 1.79. The Morgan fingerprint density at radius 1 is 1.20 bits per heavy atom. The summed E-state index contributed by atoms with van der Waals surface area (Å²) in [5.74, 6) is -2.93. The van der Waals surface area contributed by atoms with Crippen molar-refractivity contribution in [1.29, 1.82) is 0 Å². The number of nitrogens with two attached hydrogens (primary N) is 1. The number of aliphatic carboxylic acids is 1. The van der Waals surface area contributed by atoms with Gasteiger partial charge in [0, 0.05) is 22.4 Å². The number of rotatable bonds is 10. The molecule has 0 aliphatic heterocycles. The number of thioether (sulfide) groups is 1. The fourth-order valence-electron chi connectivity index (χ4n) is 3.29. The maximum Gasteiger partial charge on any atom is 0.323 e. The first-order valence-corrected chi connectivity index (χ1v) is 12.6. The van der Waals surface area contributed by atoms with E-state index in [1.807, 2.05) is 0 Å². The molecule has 0 atom stereocenters. The minimum atomic E-state index is -1.14. The lowest BCUT2D eigenvalue weighted by atomic mass is 10.1. The highest BCUT2D eigenvalue weighted by Crippen LogP contribution is 2.33. The summed E-state index contributed by atoms with van der Waals surface area (Å²) in [4.78, 5) is 30.0. The van der Waals surface area contributed by atoms with Crippen LogP contribution >= 0.6 is 23.1 Å². The standard InChI is InChI=1S/C24H25F2N3O4S2/c1-24(2,27)13-29(10-22(30)31)23(32)19-12-35-21(28-19)11-33-15-6-4-14(5-7-15)16-8-17(25)18(26)9-20(16)34-3/h4-9,12H,10-11,13,27H2,1-3H3,(H,30,31). The van der Waals surface area contributed by atoms with Gasteiger partial charge in [0.1, 0.15) is 29.6 Å². The third kappa shape index (κ3) is 7.23. The van der Waals surface area contributed by atoms with Crippen molar-refractivity contribution in [3.63, 3.8) is 0 Å². The second-order valence-corrected chi connectivity index (χ2v) is 10.2. The third-order valence-corrected chi connectivity index (χ3v) is 6.35. The van der Waals surface area contributed by atoms with E-state index < -0.39 is 35.6 Å². The summed E-state index contributed by atoms with van der Waals surface area (Å²) in [5.41, 5.74) is 6.61. The number of nitrogens with zero attached hydrogens (tertiary/aromatic N) is 2. The van der Waals surface area contributed by atoms with Crippen LogP contribution in [0.1, 0.15) is 29.3 Å². The minimum absolute atomic E-state index is 0.0596. The quantitative estimate of drug-likeness (QED) is 0.374. The number of halogens is 2. The molecule has 1 amide bonds. The average molecular weight is 522 g/mol. The molecular weight excluding hydrogens is 496 g/mol. The second-order valence-electron chi connectivity index (χ2n) is 8.45. The number of hydrogen-bond acceptors (Lipinski definition) is 7. The van der Waals surface area contributed by atoms with Crippen molar-refractivity contribution in [2.24, 2.45) is 5.73 Å². The number of carboxylic acids is 1. The van der Waals surface area contributed by atoms with Gasteiger partial charge in [-0.2, -0.15) is 0 Å². The molecule has 0 fully saturated rings. The van der Waals surface area contributed by atoms with Gasteiger partial charge in [-0.1, -0.05) is 12.1 Å². The average Bonchev–Trinajstić information content (AvgIpc) is 3.26. The first-order chi connectivity index (χ1) is 16.5. The third-order valence-electron chi connectivity index (χ3n) is 4.75. The van der Waals surface area contributed by atoms with Crippen molar-refractivity contribution < 1.29 is 28.2 Å². The Bertz CT molecular complexity index is 1210. The van der Waals surface area contributed by atoms with Crippen LogP contribution in [0.5, 0.6) is 5.75 Å². The Hall–Kier alpha value is -3.02. The van der Waals surface area contributed by atoms with Gasteiger partial charge in [0.05, 0.1) is 0 Å². The van der Waals surface area contributed by atoms with Gasteiger partial charge in [-0.15, -0.1) is 23.1 Å². The first kappa shape index (κ1) is 26.6. The van der Waals surface area contributed by atoms with E-state index in [0.717, 1.165) is 4.90 Å². The van der Waals surface area contributed by atoms with E-state index >= 15 is 0 Å². The van der Waals surface area contributed by atoms with Gasteiger partial charge in [-0.05, 0) is 55.5 Å². The molecule has 7 nitrogen and oxygen atoms in total. The largest absolute Gasteiger partial charge is 0.486 e. The monoisotopic (exact) mass is 521 g/mol. The highest BCUT2D eigenvalue weighted by Gasteiger charge is 2.26. The summed E-state index contributed by atoms with van der Waals surface area (Å²) >= 11 is 2.54. The van der Waals surface area contributed by atoms with Gasteiger partial charge in [0.2, 0.25) is 0 Å². The molecule has 0 aliphatic carbocycles. The molecule has 35 heavy (non-hydrogen) atoms.